The minimum Gasteiger partial charge on any atom is -0.441 e. The molecular weight excluding hydrogens is 386 g/mol. The van der Waals surface area contributed by atoms with Gasteiger partial charge in [0.05, 0.1) is 22.8 Å². The maximum Gasteiger partial charge on any atom is 0.286 e. The van der Waals surface area contributed by atoms with Crippen molar-refractivity contribution in [1.29, 1.82) is 0 Å². The molecule has 1 saturated heterocycles. The second-order valence-corrected chi connectivity index (χ2v) is 8.81. The zero-order valence-electron chi connectivity index (χ0n) is 16.8. The summed E-state index contributed by atoms with van der Waals surface area (Å²) in [4.78, 5) is 24.1. The van der Waals surface area contributed by atoms with E-state index in [0.717, 1.165) is 42.4 Å². The van der Waals surface area contributed by atoms with Crippen LogP contribution in [0.5, 0.6) is 0 Å². The van der Waals surface area contributed by atoms with Crippen LogP contribution >= 0.6 is 11.8 Å². The molecule has 1 aromatic carbocycles. The summed E-state index contributed by atoms with van der Waals surface area (Å²) in [5.41, 5.74) is 4.03. The maximum atomic E-state index is 12.6. The predicted molar refractivity (Wildman–Crippen MR) is 112 cm³/mol. The molecular formula is C22H23N3O3S. The van der Waals surface area contributed by atoms with E-state index in [0.29, 0.717) is 23.2 Å². The highest BCUT2D eigenvalue weighted by atomic mass is 32.2. The van der Waals surface area contributed by atoms with Crippen LogP contribution in [0, 0.1) is 13.8 Å². The largest absolute Gasteiger partial charge is 0.441 e. The number of likely N-dealkylation sites (tertiary alicyclic amines) is 1. The van der Waals surface area contributed by atoms with Gasteiger partial charge in [-0.2, -0.15) is 4.99 Å². The molecule has 0 radical (unpaired) electrons. The Hall–Kier alpha value is -2.38. The predicted octanol–water partition coefficient (Wildman–Crippen LogP) is 4.17. The average Bonchev–Trinajstić information content (AvgIpc) is 3.38. The standard InChI is InChI=1S/C22H23N3O3S/c1-13(18-14(2)23-15(3)28-18)19-20(26)24-21(29-19)25-10-8-22(9-11-25)17-7-5-4-6-16(17)12-27-22/h4-7H,8-12H2,1-3H3. The van der Waals surface area contributed by atoms with Crippen LogP contribution in [0.2, 0.25) is 0 Å². The molecule has 0 atom stereocenters. The van der Waals surface area contributed by atoms with Gasteiger partial charge in [-0.1, -0.05) is 24.3 Å². The molecule has 29 heavy (non-hydrogen) atoms. The summed E-state index contributed by atoms with van der Waals surface area (Å²) < 4.78 is 11.9. The van der Waals surface area contributed by atoms with Gasteiger partial charge in [0.1, 0.15) is 0 Å². The van der Waals surface area contributed by atoms with Gasteiger partial charge in [-0.15, -0.1) is 0 Å². The van der Waals surface area contributed by atoms with Crippen molar-refractivity contribution in [3.63, 3.8) is 0 Å². The normalized spacial score (nSPS) is 22.2. The molecule has 0 unspecified atom stereocenters. The molecule has 3 aliphatic rings. The van der Waals surface area contributed by atoms with E-state index in [1.807, 2.05) is 20.8 Å². The number of allylic oxidation sites excluding steroid dienone is 1. The van der Waals surface area contributed by atoms with Crippen molar-refractivity contribution in [2.75, 3.05) is 13.1 Å². The van der Waals surface area contributed by atoms with Gasteiger partial charge >= 0.3 is 0 Å². The molecule has 1 spiro atoms. The number of fused-ring (bicyclic) bond motifs is 2. The van der Waals surface area contributed by atoms with Crippen LogP contribution in [0.15, 0.2) is 38.6 Å². The number of amidine groups is 1. The molecule has 1 fully saturated rings. The van der Waals surface area contributed by atoms with Crippen LogP contribution in [0.3, 0.4) is 0 Å². The van der Waals surface area contributed by atoms with Gasteiger partial charge in [0.15, 0.2) is 16.8 Å². The Morgan fingerprint density at radius 3 is 2.69 bits per heavy atom. The minimum atomic E-state index is -0.196. The number of aromatic nitrogens is 1. The number of nitrogens with zero attached hydrogens (tertiary/aromatic N) is 3. The molecule has 1 amide bonds. The van der Waals surface area contributed by atoms with Gasteiger partial charge in [0.25, 0.3) is 5.91 Å². The summed E-state index contributed by atoms with van der Waals surface area (Å²) in [6.45, 7) is 7.94. The first-order valence-electron chi connectivity index (χ1n) is 9.90. The van der Waals surface area contributed by atoms with E-state index < -0.39 is 0 Å². The van der Waals surface area contributed by atoms with Crippen molar-refractivity contribution in [3.05, 3.63) is 57.6 Å². The van der Waals surface area contributed by atoms with Gasteiger partial charge < -0.3 is 14.1 Å². The summed E-state index contributed by atoms with van der Waals surface area (Å²) in [6, 6.07) is 8.50. The van der Waals surface area contributed by atoms with Crippen LogP contribution in [-0.2, 0) is 21.7 Å². The number of hydrogen-bond acceptors (Lipinski definition) is 6. The van der Waals surface area contributed by atoms with Gasteiger partial charge in [0.2, 0.25) is 0 Å². The number of benzene rings is 1. The molecule has 0 saturated carbocycles. The SMILES string of the molecule is CC(=C1SC(N2CCC3(CC2)OCc2ccccc23)=NC1=O)c1oc(C)nc1C. The zero-order chi connectivity index (χ0) is 20.2. The van der Waals surface area contributed by atoms with Gasteiger partial charge in [-0.25, -0.2) is 4.98 Å². The Labute approximate surface area is 174 Å². The molecule has 7 heteroatoms. The average molecular weight is 410 g/mol. The van der Waals surface area contributed by atoms with Gasteiger partial charge in [-0.3, -0.25) is 4.79 Å². The molecule has 4 heterocycles. The first kappa shape index (κ1) is 18.6. The van der Waals surface area contributed by atoms with Crippen LogP contribution in [-0.4, -0.2) is 34.0 Å². The van der Waals surface area contributed by atoms with Crippen LogP contribution in [0.25, 0.3) is 5.57 Å². The summed E-state index contributed by atoms with van der Waals surface area (Å²) in [7, 11) is 0. The van der Waals surface area contributed by atoms with Crippen molar-refractivity contribution in [2.24, 2.45) is 4.99 Å². The first-order valence-corrected chi connectivity index (χ1v) is 10.7. The van der Waals surface area contributed by atoms with E-state index in [9.17, 15) is 4.79 Å². The topological polar surface area (TPSA) is 67.9 Å². The highest BCUT2D eigenvalue weighted by Crippen LogP contribution is 2.45. The van der Waals surface area contributed by atoms with E-state index >= 15 is 0 Å². The smallest absolute Gasteiger partial charge is 0.286 e. The number of oxazole rings is 1. The number of hydrogen-bond donors (Lipinski definition) is 0. The third kappa shape index (κ3) is 3.04. The van der Waals surface area contributed by atoms with Crippen molar-refractivity contribution < 1.29 is 13.9 Å². The lowest BCUT2D eigenvalue weighted by molar-refractivity contribution is -0.113. The maximum absolute atomic E-state index is 12.6. The number of rotatable bonds is 1. The Morgan fingerprint density at radius 1 is 1.21 bits per heavy atom. The number of aliphatic imine (C=N–C) groups is 1. The van der Waals surface area contributed by atoms with Gasteiger partial charge in [0, 0.05) is 25.6 Å². The molecule has 2 aromatic rings. The number of carbonyl (C=O) groups excluding carboxylic acids is 1. The molecule has 3 aliphatic heterocycles. The second kappa shape index (κ2) is 6.85. The van der Waals surface area contributed by atoms with E-state index in [2.05, 4.69) is 39.1 Å². The molecule has 6 nitrogen and oxygen atoms in total. The van der Waals surface area contributed by atoms with Crippen molar-refractivity contribution >= 4 is 28.4 Å². The number of amides is 1. The van der Waals surface area contributed by atoms with Crippen molar-refractivity contribution in [1.82, 2.24) is 9.88 Å². The molecule has 5 rings (SSSR count). The number of aryl methyl sites for hydroxylation is 2. The summed E-state index contributed by atoms with van der Waals surface area (Å²) in [6.07, 6.45) is 1.80. The van der Waals surface area contributed by atoms with Crippen molar-refractivity contribution in [2.45, 2.75) is 45.8 Å². The van der Waals surface area contributed by atoms with Crippen molar-refractivity contribution in [3.8, 4) is 0 Å². The number of piperidine rings is 1. The monoisotopic (exact) mass is 409 g/mol. The van der Waals surface area contributed by atoms with Crippen LogP contribution < -0.4 is 0 Å². The fraction of sp³-hybridized carbons (Fsp3) is 0.409. The van der Waals surface area contributed by atoms with E-state index in [4.69, 9.17) is 9.15 Å². The Kier molecular flexibility index (Phi) is 4.40. The fourth-order valence-corrected chi connectivity index (χ4v) is 5.51. The lowest BCUT2D eigenvalue weighted by atomic mass is 9.84. The molecule has 0 N–H and O–H groups in total. The highest BCUT2D eigenvalue weighted by molar-refractivity contribution is 8.18. The number of ether oxygens (including phenoxy) is 1. The minimum absolute atomic E-state index is 0.190. The fourth-order valence-electron chi connectivity index (χ4n) is 4.51. The quantitative estimate of drug-likeness (QED) is 0.659. The molecule has 150 valence electrons. The summed E-state index contributed by atoms with van der Waals surface area (Å²) in [5, 5.41) is 0.777. The van der Waals surface area contributed by atoms with E-state index in [1.54, 1.807) is 0 Å². The van der Waals surface area contributed by atoms with Gasteiger partial charge in [-0.05, 0) is 49.6 Å². The highest BCUT2D eigenvalue weighted by Gasteiger charge is 2.43. The Morgan fingerprint density at radius 2 is 1.97 bits per heavy atom. The third-order valence-corrected chi connectivity index (χ3v) is 7.24. The zero-order valence-corrected chi connectivity index (χ0v) is 17.6. The molecule has 1 aromatic heterocycles. The van der Waals surface area contributed by atoms with E-state index in [-0.39, 0.29) is 11.5 Å². The Balaban J connectivity index is 1.33. The summed E-state index contributed by atoms with van der Waals surface area (Å²) in [5.74, 6) is 1.08. The van der Waals surface area contributed by atoms with Crippen LogP contribution in [0.1, 0.15) is 48.2 Å². The first-order chi connectivity index (χ1) is 14.0. The second-order valence-electron chi connectivity index (χ2n) is 7.83. The lowest BCUT2D eigenvalue weighted by Crippen LogP contribution is -2.44. The van der Waals surface area contributed by atoms with E-state index in [1.165, 1.54) is 22.9 Å². The molecule has 0 bridgehead atoms. The third-order valence-electron chi connectivity index (χ3n) is 6.02. The number of thioether (sulfide) groups is 1. The Bertz CT molecular complexity index is 1060. The lowest BCUT2D eigenvalue weighted by Gasteiger charge is -2.39. The van der Waals surface area contributed by atoms with Crippen LogP contribution in [0.4, 0.5) is 0 Å². The molecule has 0 aliphatic carbocycles. The summed E-state index contributed by atoms with van der Waals surface area (Å²) >= 11 is 1.44. The number of carbonyl (C=O) groups is 1.